The van der Waals surface area contributed by atoms with Crippen molar-refractivity contribution >= 4 is 27.3 Å². The summed E-state index contributed by atoms with van der Waals surface area (Å²) in [5, 5.41) is 2.86. The van der Waals surface area contributed by atoms with Crippen molar-refractivity contribution in [2.75, 3.05) is 56.1 Å². The van der Waals surface area contributed by atoms with E-state index in [1.165, 1.54) is 0 Å². The van der Waals surface area contributed by atoms with Crippen molar-refractivity contribution in [1.82, 2.24) is 9.62 Å². The number of sulfonamides is 1. The van der Waals surface area contributed by atoms with Gasteiger partial charge in [0.2, 0.25) is 10.0 Å². The number of ether oxygens (including phenoxy) is 1. The van der Waals surface area contributed by atoms with Crippen LogP contribution in [0.1, 0.15) is 31.7 Å². The fourth-order valence-corrected chi connectivity index (χ4v) is 5.26. The maximum atomic E-state index is 12.5. The van der Waals surface area contributed by atoms with Gasteiger partial charge in [-0.15, -0.1) is 0 Å². The molecule has 8 nitrogen and oxygen atoms in total. The number of rotatable bonds is 8. The van der Waals surface area contributed by atoms with Gasteiger partial charge in [-0.2, -0.15) is 0 Å². The summed E-state index contributed by atoms with van der Waals surface area (Å²) in [6, 6.07) is 12.9. The molecule has 2 aliphatic rings. The number of anilines is 2. The minimum absolute atomic E-state index is 0.0434. The second kappa shape index (κ2) is 10.1. The van der Waals surface area contributed by atoms with Crippen LogP contribution in [-0.4, -0.2) is 65.1 Å². The molecule has 0 atom stereocenters. The van der Waals surface area contributed by atoms with E-state index in [-0.39, 0.29) is 12.5 Å². The first-order valence-electron chi connectivity index (χ1n) is 11.5. The lowest BCUT2D eigenvalue weighted by Gasteiger charge is -2.37. The lowest BCUT2D eigenvalue weighted by molar-refractivity contribution is -0.118. The zero-order valence-electron chi connectivity index (χ0n) is 19.2. The Hall–Kier alpha value is -2.62. The van der Waals surface area contributed by atoms with Crippen LogP contribution in [0.3, 0.4) is 0 Å². The highest BCUT2D eigenvalue weighted by Gasteiger charge is 2.24. The third-order valence-corrected chi connectivity index (χ3v) is 7.61. The molecule has 1 fully saturated rings. The molecule has 2 aromatic rings. The summed E-state index contributed by atoms with van der Waals surface area (Å²) in [4.78, 5) is 16.5. The highest BCUT2D eigenvalue weighted by Crippen LogP contribution is 2.38. The van der Waals surface area contributed by atoms with E-state index in [1.54, 1.807) is 12.1 Å². The van der Waals surface area contributed by atoms with Gasteiger partial charge in [-0.3, -0.25) is 9.69 Å². The summed E-state index contributed by atoms with van der Waals surface area (Å²) >= 11 is 0. The second-order valence-corrected chi connectivity index (χ2v) is 10.6. The van der Waals surface area contributed by atoms with Gasteiger partial charge in [0.1, 0.15) is 0 Å². The average Bonchev–Trinajstić information content (AvgIpc) is 2.82. The van der Waals surface area contributed by atoms with E-state index in [2.05, 4.69) is 33.7 Å². The minimum atomic E-state index is -3.48. The highest BCUT2D eigenvalue weighted by molar-refractivity contribution is 7.89. The molecule has 0 aromatic heterocycles. The molecule has 178 valence electrons. The molecular formula is C24H32N4O4S. The Morgan fingerprint density at radius 1 is 1.06 bits per heavy atom. The van der Waals surface area contributed by atoms with Crippen LogP contribution < -0.4 is 19.7 Å². The molecule has 0 saturated carbocycles. The topological polar surface area (TPSA) is 91.0 Å². The van der Waals surface area contributed by atoms with Crippen molar-refractivity contribution in [2.45, 2.75) is 31.1 Å². The van der Waals surface area contributed by atoms with E-state index in [0.717, 1.165) is 61.8 Å². The molecule has 2 aliphatic heterocycles. The minimum Gasteiger partial charge on any atom is -0.479 e. The van der Waals surface area contributed by atoms with Crippen molar-refractivity contribution in [3.63, 3.8) is 0 Å². The summed E-state index contributed by atoms with van der Waals surface area (Å²) in [5.41, 5.74) is 2.85. The van der Waals surface area contributed by atoms with Crippen molar-refractivity contribution in [3.8, 4) is 5.75 Å². The van der Waals surface area contributed by atoms with Crippen LogP contribution in [0.15, 0.2) is 47.4 Å². The number of hydrogen-bond donors (Lipinski definition) is 2. The smallest absolute Gasteiger partial charge is 0.262 e. The van der Waals surface area contributed by atoms with Crippen molar-refractivity contribution in [1.29, 1.82) is 0 Å². The van der Waals surface area contributed by atoms with Gasteiger partial charge in [-0.1, -0.05) is 32.0 Å². The summed E-state index contributed by atoms with van der Waals surface area (Å²) in [6.45, 7) is 8.94. The molecule has 33 heavy (non-hydrogen) atoms. The monoisotopic (exact) mass is 472 g/mol. The van der Waals surface area contributed by atoms with Crippen molar-refractivity contribution in [2.24, 2.45) is 0 Å². The van der Waals surface area contributed by atoms with E-state index >= 15 is 0 Å². The Balaban J connectivity index is 1.23. The summed E-state index contributed by atoms with van der Waals surface area (Å²) in [6.07, 6.45) is 0.749. The summed E-state index contributed by atoms with van der Waals surface area (Å²) in [7, 11) is -3.48. The molecule has 1 amide bonds. The van der Waals surface area contributed by atoms with Gasteiger partial charge >= 0.3 is 0 Å². The van der Waals surface area contributed by atoms with Crippen LogP contribution in [0.5, 0.6) is 5.75 Å². The lowest BCUT2D eigenvalue weighted by atomic mass is 10.0. The molecule has 2 aromatic carbocycles. The first-order valence-corrected chi connectivity index (χ1v) is 12.9. The van der Waals surface area contributed by atoms with Crippen LogP contribution in [0.25, 0.3) is 0 Å². The number of nitrogens with zero attached hydrogens (tertiary/aromatic N) is 2. The van der Waals surface area contributed by atoms with E-state index in [4.69, 9.17) is 4.74 Å². The first kappa shape index (κ1) is 23.5. The van der Waals surface area contributed by atoms with Gasteiger partial charge in [0.25, 0.3) is 5.91 Å². The largest absolute Gasteiger partial charge is 0.479 e. The molecule has 0 bridgehead atoms. The van der Waals surface area contributed by atoms with Crippen LogP contribution in [0, 0.1) is 0 Å². The summed E-state index contributed by atoms with van der Waals surface area (Å²) < 4.78 is 33.5. The fourth-order valence-electron chi connectivity index (χ4n) is 4.18. The number of fused-ring (bicyclic) bond motifs is 1. The number of carbonyl (C=O) groups is 1. The van der Waals surface area contributed by atoms with Gasteiger partial charge in [0.05, 0.1) is 16.3 Å². The number of nitrogens with one attached hydrogen (secondary N) is 2. The van der Waals surface area contributed by atoms with Gasteiger partial charge in [0, 0.05) is 32.7 Å². The molecule has 2 heterocycles. The van der Waals surface area contributed by atoms with Crippen LogP contribution in [0.2, 0.25) is 0 Å². The maximum absolute atomic E-state index is 12.5. The Morgan fingerprint density at radius 2 is 1.79 bits per heavy atom. The number of piperazine rings is 1. The Morgan fingerprint density at radius 3 is 2.48 bits per heavy atom. The number of para-hydroxylation sites is 1. The van der Waals surface area contributed by atoms with Crippen molar-refractivity contribution in [3.05, 3.63) is 48.0 Å². The third kappa shape index (κ3) is 5.66. The van der Waals surface area contributed by atoms with Crippen LogP contribution >= 0.6 is 0 Å². The zero-order valence-corrected chi connectivity index (χ0v) is 20.0. The first-order chi connectivity index (χ1) is 15.8. The molecule has 2 N–H and O–H groups in total. The van der Waals surface area contributed by atoms with E-state index < -0.39 is 10.0 Å². The van der Waals surface area contributed by atoms with Crippen LogP contribution in [-0.2, 0) is 14.8 Å². The van der Waals surface area contributed by atoms with Gasteiger partial charge in [-0.25, -0.2) is 13.1 Å². The Labute approximate surface area is 196 Å². The highest BCUT2D eigenvalue weighted by atomic mass is 32.2. The summed E-state index contributed by atoms with van der Waals surface area (Å²) in [5.74, 6) is 0.977. The lowest BCUT2D eigenvalue weighted by Crippen LogP contribution is -2.47. The molecule has 0 unspecified atom stereocenters. The number of hydrogen-bond acceptors (Lipinski definition) is 6. The van der Waals surface area contributed by atoms with Crippen molar-refractivity contribution < 1.29 is 17.9 Å². The van der Waals surface area contributed by atoms with E-state index in [0.29, 0.717) is 17.4 Å². The zero-order chi connectivity index (χ0) is 23.4. The predicted molar refractivity (Wildman–Crippen MR) is 130 cm³/mol. The molecule has 0 radical (unpaired) electrons. The normalized spacial score (nSPS) is 16.9. The van der Waals surface area contributed by atoms with Gasteiger partial charge in [-0.05, 0) is 48.7 Å². The van der Waals surface area contributed by atoms with Gasteiger partial charge in [0.15, 0.2) is 12.4 Å². The second-order valence-electron chi connectivity index (χ2n) is 8.79. The quantitative estimate of drug-likeness (QED) is 0.574. The third-order valence-electron chi connectivity index (χ3n) is 6.13. The molecule has 4 rings (SSSR count). The maximum Gasteiger partial charge on any atom is 0.262 e. The van der Waals surface area contributed by atoms with Crippen LogP contribution in [0.4, 0.5) is 11.4 Å². The van der Waals surface area contributed by atoms with E-state index in [9.17, 15) is 13.2 Å². The number of carbonyl (C=O) groups excluding carboxylic acids is 1. The fraction of sp³-hybridized carbons (Fsp3) is 0.458. The molecule has 0 spiro atoms. The molecule has 9 heteroatoms. The standard InChI is InChI=1S/C24H32N4O4S/c1-18(2)19-7-9-20(10-8-19)33(30,31)25-11-4-12-27-13-15-28(16-14-27)22-6-3-5-21-24(22)32-17-23(29)26-21/h3,5-10,18,25H,4,11-17H2,1-2H3,(H,26,29). The average molecular weight is 473 g/mol. The molecule has 1 saturated heterocycles. The molecule has 0 aliphatic carbocycles. The number of benzene rings is 2. The molecular weight excluding hydrogens is 440 g/mol. The predicted octanol–water partition coefficient (Wildman–Crippen LogP) is 2.63. The number of amides is 1. The van der Waals surface area contributed by atoms with E-state index in [1.807, 2.05) is 30.3 Å². The Kier molecular flexibility index (Phi) is 7.21. The van der Waals surface area contributed by atoms with Gasteiger partial charge < -0.3 is 15.0 Å². The Bertz CT molecular complexity index is 1080. The SMILES string of the molecule is CC(C)c1ccc(S(=O)(=O)NCCCN2CCN(c3cccc4c3OCC(=O)N4)CC2)cc1.